The minimum atomic E-state index is -3.72. The van der Waals surface area contributed by atoms with Crippen LogP contribution in [-0.2, 0) is 10.0 Å². The molecule has 1 saturated carbocycles. The first-order chi connectivity index (χ1) is 9.23. The molecule has 2 rings (SSSR count). The predicted molar refractivity (Wildman–Crippen MR) is 77.9 cm³/mol. The van der Waals surface area contributed by atoms with Gasteiger partial charge >= 0.3 is 0 Å². The smallest absolute Gasteiger partial charge is 0.208 e. The molecule has 1 aliphatic carbocycles. The monoisotopic (exact) mass is 312 g/mol. The maximum atomic E-state index is 12.4. The molecule has 0 bridgehead atoms. The summed E-state index contributed by atoms with van der Waals surface area (Å²) in [6.45, 7) is 4.25. The Morgan fingerprint density at radius 2 is 2.15 bits per heavy atom. The van der Waals surface area contributed by atoms with E-state index in [0.717, 1.165) is 19.3 Å². The lowest BCUT2D eigenvalue weighted by Gasteiger charge is -2.18. The van der Waals surface area contributed by atoms with E-state index in [2.05, 4.69) is 18.6 Å². The summed E-state index contributed by atoms with van der Waals surface area (Å²) in [6.07, 6.45) is 2.60. The van der Waals surface area contributed by atoms with Crippen molar-refractivity contribution in [2.45, 2.75) is 44.0 Å². The van der Waals surface area contributed by atoms with E-state index >= 15 is 0 Å². The maximum absolute atomic E-state index is 12.4. The van der Waals surface area contributed by atoms with Gasteiger partial charge in [-0.1, -0.05) is 25.4 Å². The van der Waals surface area contributed by atoms with Gasteiger partial charge in [-0.25, -0.2) is 13.1 Å². The lowest BCUT2D eigenvalue weighted by Crippen LogP contribution is -2.34. The topological polar surface area (TPSA) is 70.0 Å². The Balaban J connectivity index is 2.28. The van der Waals surface area contributed by atoms with Crippen molar-refractivity contribution in [2.24, 2.45) is 5.41 Å². The van der Waals surface area contributed by atoms with Crippen molar-refractivity contribution >= 4 is 21.6 Å². The lowest BCUT2D eigenvalue weighted by atomic mass is 9.92. The van der Waals surface area contributed by atoms with Crippen molar-refractivity contribution in [1.29, 1.82) is 5.26 Å². The van der Waals surface area contributed by atoms with Gasteiger partial charge in [0, 0.05) is 11.1 Å². The standard InChI is InChI=1S/C14H17ClN2O2S/c1-14(2)6-5-12(8-14)17-20(18,19)13-7-11(15)4-3-10(13)9-16/h3-4,7,12,17H,5-6,8H2,1-2H3. The Morgan fingerprint density at radius 3 is 2.70 bits per heavy atom. The highest BCUT2D eigenvalue weighted by atomic mass is 35.5. The molecular formula is C14H17ClN2O2S. The van der Waals surface area contributed by atoms with Gasteiger partial charge in [-0.2, -0.15) is 5.26 Å². The van der Waals surface area contributed by atoms with Crippen molar-refractivity contribution in [3.05, 3.63) is 28.8 Å². The average molecular weight is 313 g/mol. The quantitative estimate of drug-likeness (QED) is 0.932. The van der Waals surface area contributed by atoms with Crippen LogP contribution in [0.25, 0.3) is 0 Å². The summed E-state index contributed by atoms with van der Waals surface area (Å²) in [4.78, 5) is -0.0443. The maximum Gasteiger partial charge on any atom is 0.242 e. The van der Waals surface area contributed by atoms with E-state index in [1.54, 1.807) is 0 Å². The van der Waals surface area contributed by atoms with E-state index in [-0.39, 0.29) is 21.9 Å². The number of rotatable bonds is 3. The van der Waals surface area contributed by atoms with Gasteiger partial charge in [0.25, 0.3) is 0 Å². The van der Waals surface area contributed by atoms with Crippen LogP contribution in [0, 0.1) is 16.7 Å². The van der Waals surface area contributed by atoms with E-state index in [4.69, 9.17) is 16.9 Å². The average Bonchev–Trinajstić information content (AvgIpc) is 2.68. The zero-order chi connectivity index (χ0) is 15.0. The van der Waals surface area contributed by atoms with E-state index in [1.807, 2.05) is 6.07 Å². The Hall–Kier alpha value is -1.09. The van der Waals surface area contributed by atoms with Crippen molar-refractivity contribution in [1.82, 2.24) is 4.72 Å². The fourth-order valence-corrected chi connectivity index (χ4v) is 4.32. The van der Waals surface area contributed by atoms with Gasteiger partial charge in [-0.05, 0) is 42.9 Å². The Labute approximate surface area is 124 Å². The van der Waals surface area contributed by atoms with E-state index in [9.17, 15) is 8.42 Å². The van der Waals surface area contributed by atoms with Gasteiger partial charge < -0.3 is 0 Å². The van der Waals surface area contributed by atoms with Gasteiger partial charge in [-0.15, -0.1) is 0 Å². The van der Waals surface area contributed by atoms with Crippen LogP contribution in [0.2, 0.25) is 5.02 Å². The molecule has 1 atom stereocenters. The van der Waals surface area contributed by atoms with Crippen LogP contribution in [0.1, 0.15) is 38.7 Å². The summed E-state index contributed by atoms with van der Waals surface area (Å²) in [5.74, 6) is 0. The predicted octanol–water partition coefficient (Wildman–Crippen LogP) is 3.07. The number of benzene rings is 1. The van der Waals surface area contributed by atoms with E-state index in [1.165, 1.54) is 18.2 Å². The minimum absolute atomic E-state index is 0.0443. The molecule has 0 radical (unpaired) electrons. The first-order valence-corrected chi connectivity index (χ1v) is 8.32. The first kappa shape index (κ1) is 15.3. The molecule has 1 aliphatic rings. The number of nitriles is 1. The fourth-order valence-electron chi connectivity index (χ4n) is 2.63. The second kappa shape index (κ2) is 5.36. The Kier molecular flexibility index (Phi) is 4.10. The summed E-state index contributed by atoms with van der Waals surface area (Å²) in [6, 6.07) is 6.07. The van der Waals surface area contributed by atoms with Gasteiger partial charge in [0.1, 0.15) is 11.0 Å². The minimum Gasteiger partial charge on any atom is -0.208 e. The van der Waals surface area contributed by atoms with Crippen LogP contribution in [0.15, 0.2) is 23.1 Å². The van der Waals surface area contributed by atoms with E-state index < -0.39 is 10.0 Å². The van der Waals surface area contributed by atoms with Crippen LogP contribution in [0.5, 0.6) is 0 Å². The largest absolute Gasteiger partial charge is 0.242 e. The molecule has 1 aromatic rings. The summed E-state index contributed by atoms with van der Waals surface area (Å²) >= 11 is 5.84. The number of halogens is 1. The van der Waals surface area contributed by atoms with Gasteiger partial charge in [0.15, 0.2) is 0 Å². The highest BCUT2D eigenvalue weighted by molar-refractivity contribution is 7.89. The molecule has 1 fully saturated rings. The molecule has 0 heterocycles. The van der Waals surface area contributed by atoms with Crippen LogP contribution >= 0.6 is 11.6 Å². The van der Waals surface area contributed by atoms with Gasteiger partial charge in [-0.3, -0.25) is 0 Å². The molecular weight excluding hydrogens is 296 g/mol. The molecule has 108 valence electrons. The second-order valence-electron chi connectivity index (χ2n) is 5.98. The molecule has 0 aliphatic heterocycles. The van der Waals surface area contributed by atoms with Crippen molar-refractivity contribution in [3.8, 4) is 6.07 Å². The SMILES string of the molecule is CC1(C)CCC(NS(=O)(=O)c2cc(Cl)ccc2C#N)C1. The zero-order valence-electron chi connectivity index (χ0n) is 11.5. The molecule has 0 amide bonds. The Bertz CT molecular complexity index is 662. The molecule has 0 spiro atoms. The van der Waals surface area contributed by atoms with Gasteiger partial charge in [0.05, 0.1) is 5.56 Å². The van der Waals surface area contributed by atoms with Gasteiger partial charge in [0.2, 0.25) is 10.0 Å². The fraction of sp³-hybridized carbons (Fsp3) is 0.500. The third-order valence-corrected chi connectivity index (χ3v) is 5.44. The number of nitrogens with zero attached hydrogens (tertiary/aromatic N) is 1. The summed E-state index contributed by atoms with van der Waals surface area (Å²) in [5.41, 5.74) is 0.263. The third kappa shape index (κ3) is 3.32. The van der Waals surface area contributed by atoms with Crippen LogP contribution in [0.4, 0.5) is 0 Å². The highest BCUT2D eigenvalue weighted by Gasteiger charge is 2.34. The molecule has 6 heteroatoms. The molecule has 0 aromatic heterocycles. The van der Waals surface area contributed by atoms with Crippen molar-refractivity contribution in [3.63, 3.8) is 0 Å². The summed E-state index contributed by atoms with van der Waals surface area (Å²) < 4.78 is 27.5. The van der Waals surface area contributed by atoms with Crippen LogP contribution in [0.3, 0.4) is 0 Å². The third-order valence-electron chi connectivity index (χ3n) is 3.64. The normalized spacial score (nSPS) is 21.6. The Morgan fingerprint density at radius 1 is 1.45 bits per heavy atom. The molecule has 20 heavy (non-hydrogen) atoms. The number of nitrogens with one attached hydrogen (secondary N) is 1. The first-order valence-electron chi connectivity index (χ1n) is 6.45. The van der Waals surface area contributed by atoms with Crippen LogP contribution < -0.4 is 4.72 Å². The molecule has 1 unspecified atom stereocenters. The number of hydrogen-bond donors (Lipinski definition) is 1. The summed E-state index contributed by atoms with van der Waals surface area (Å²) in [7, 11) is -3.72. The highest BCUT2D eigenvalue weighted by Crippen LogP contribution is 2.37. The zero-order valence-corrected chi connectivity index (χ0v) is 13.1. The molecule has 4 nitrogen and oxygen atoms in total. The van der Waals surface area contributed by atoms with Crippen LogP contribution in [-0.4, -0.2) is 14.5 Å². The lowest BCUT2D eigenvalue weighted by molar-refractivity contribution is 0.372. The van der Waals surface area contributed by atoms with Crippen molar-refractivity contribution < 1.29 is 8.42 Å². The van der Waals surface area contributed by atoms with Crippen molar-refractivity contribution in [2.75, 3.05) is 0 Å². The number of hydrogen-bond acceptors (Lipinski definition) is 3. The van der Waals surface area contributed by atoms with E-state index in [0.29, 0.717) is 5.02 Å². The number of sulfonamides is 1. The molecule has 1 aromatic carbocycles. The molecule has 1 N–H and O–H groups in total. The second-order valence-corrected chi connectivity index (χ2v) is 8.10. The summed E-state index contributed by atoms with van der Waals surface area (Å²) in [5, 5.41) is 9.33. The molecule has 0 saturated heterocycles.